The Hall–Kier alpha value is -1.78. The van der Waals surface area contributed by atoms with Crippen molar-refractivity contribution in [3.8, 4) is 5.75 Å². The summed E-state index contributed by atoms with van der Waals surface area (Å²) in [6.07, 6.45) is 0. The Balaban J connectivity index is 1.80. The average Bonchev–Trinajstić information content (AvgIpc) is 2.49. The molecule has 2 aromatic carbocycles. The Morgan fingerprint density at radius 2 is 2.00 bits per heavy atom. The molecule has 0 atom stereocenters. The minimum absolute atomic E-state index is 0.534. The molecule has 5 heteroatoms. The van der Waals surface area contributed by atoms with E-state index in [1.807, 2.05) is 61.3 Å². The maximum absolute atomic E-state index is 5.92. The lowest BCUT2D eigenvalue weighted by Crippen LogP contribution is -2.34. The molecule has 0 aliphatic carbocycles. The van der Waals surface area contributed by atoms with Gasteiger partial charge in [-0.05, 0) is 49.0 Å². The number of benzene rings is 2. The molecule has 0 unspecified atom stereocenters. The third-order valence-electron chi connectivity index (χ3n) is 3.22. The SMILES string of the molecule is Cc1ccccc1NC(=S)N(C)CCOc1cccc(Cl)c1. The van der Waals surface area contributed by atoms with Crippen molar-refractivity contribution in [1.82, 2.24) is 4.90 Å². The molecule has 2 aromatic rings. The Bertz CT molecular complexity index is 648. The van der Waals surface area contributed by atoms with E-state index in [0.717, 1.165) is 17.0 Å². The molecule has 0 bridgehead atoms. The van der Waals surface area contributed by atoms with Crippen LogP contribution in [0.4, 0.5) is 5.69 Å². The van der Waals surface area contributed by atoms with Gasteiger partial charge >= 0.3 is 0 Å². The fourth-order valence-corrected chi connectivity index (χ4v) is 2.26. The summed E-state index contributed by atoms with van der Waals surface area (Å²) in [6.45, 7) is 3.27. The molecule has 2 rings (SSSR count). The molecule has 116 valence electrons. The van der Waals surface area contributed by atoms with Gasteiger partial charge in [0.25, 0.3) is 0 Å². The first kappa shape index (κ1) is 16.6. The highest BCUT2D eigenvalue weighted by atomic mass is 35.5. The van der Waals surface area contributed by atoms with Crippen molar-refractivity contribution in [1.29, 1.82) is 0 Å². The number of hydrogen-bond acceptors (Lipinski definition) is 2. The molecule has 0 saturated carbocycles. The predicted octanol–water partition coefficient (Wildman–Crippen LogP) is 4.36. The van der Waals surface area contributed by atoms with Gasteiger partial charge in [0.1, 0.15) is 12.4 Å². The summed E-state index contributed by atoms with van der Waals surface area (Å²) in [4.78, 5) is 1.95. The van der Waals surface area contributed by atoms with Gasteiger partial charge in [0.05, 0.1) is 6.54 Å². The minimum Gasteiger partial charge on any atom is -0.492 e. The molecule has 1 N–H and O–H groups in total. The van der Waals surface area contributed by atoms with Crippen LogP contribution in [0.2, 0.25) is 5.02 Å². The summed E-state index contributed by atoms with van der Waals surface area (Å²) in [7, 11) is 1.94. The number of aryl methyl sites for hydroxylation is 1. The van der Waals surface area contributed by atoms with Crippen LogP contribution >= 0.6 is 23.8 Å². The van der Waals surface area contributed by atoms with Crippen LogP contribution in [0.3, 0.4) is 0 Å². The number of anilines is 1. The molecule has 0 radical (unpaired) electrons. The van der Waals surface area contributed by atoms with E-state index in [2.05, 4.69) is 5.32 Å². The van der Waals surface area contributed by atoms with Gasteiger partial charge in [-0.3, -0.25) is 0 Å². The molecule has 22 heavy (non-hydrogen) atoms. The number of hydrogen-bond donors (Lipinski definition) is 1. The fourth-order valence-electron chi connectivity index (χ4n) is 1.88. The third kappa shape index (κ3) is 4.90. The van der Waals surface area contributed by atoms with Gasteiger partial charge in [0.15, 0.2) is 5.11 Å². The minimum atomic E-state index is 0.534. The lowest BCUT2D eigenvalue weighted by molar-refractivity contribution is 0.285. The lowest BCUT2D eigenvalue weighted by Gasteiger charge is -2.22. The van der Waals surface area contributed by atoms with E-state index in [1.54, 1.807) is 6.07 Å². The number of halogens is 1. The molecule has 0 amide bonds. The molecular weight excluding hydrogens is 316 g/mol. The van der Waals surface area contributed by atoms with Crippen LogP contribution in [0.15, 0.2) is 48.5 Å². The molecular formula is C17H19ClN2OS. The van der Waals surface area contributed by atoms with Gasteiger partial charge in [-0.25, -0.2) is 0 Å². The van der Waals surface area contributed by atoms with E-state index < -0.39 is 0 Å². The highest BCUT2D eigenvalue weighted by molar-refractivity contribution is 7.80. The largest absolute Gasteiger partial charge is 0.492 e. The van der Waals surface area contributed by atoms with Crippen molar-refractivity contribution < 1.29 is 4.74 Å². The highest BCUT2D eigenvalue weighted by Gasteiger charge is 2.06. The zero-order chi connectivity index (χ0) is 15.9. The maximum atomic E-state index is 5.92. The monoisotopic (exact) mass is 334 g/mol. The Morgan fingerprint density at radius 1 is 1.23 bits per heavy atom. The standard InChI is InChI=1S/C17H19ClN2OS/c1-13-6-3-4-9-16(13)19-17(22)20(2)10-11-21-15-8-5-7-14(18)12-15/h3-9,12H,10-11H2,1-2H3,(H,19,22). The van der Waals surface area contributed by atoms with Crippen LogP contribution in [0.5, 0.6) is 5.75 Å². The van der Waals surface area contributed by atoms with E-state index in [0.29, 0.717) is 23.3 Å². The summed E-state index contributed by atoms with van der Waals surface area (Å²) in [6, 6.07) is 15.4. The van der Waals surface area contributed by atoms with E-state index >= 15 is 0 Å². The Labute approximate surface area is 141 Å². The maximum Gasteiger partial charge on any atom is 0.173 e. The summed E-state index contributed by atoms with van der Waals surface area (Å²) in [5, 5.41) is 4.59. The van der Waals surface area contributed by atoms with Crippen LogP contribution in [-0.4, -0.2) is 30.2 Å². The number of rotatable bonds is 5. The zero-order valence-electron chi connectivity index (χ0n) is 12.7. The number of nitrogens with zero attached hydrogens (tertiary/aromatic N) is 1. The number of likely N-dealkylation sites (N-methyl/N-ethyl adjacent to an activating group) is 1. The topological polar surface area (TPSA) is 24.5 Å². The van der Waals surface area contributed by atoms with Gasteiger partial charge in [-0.2, -0.15) is 0 Å². The van der Waals surface area contributed by atoms with Crippen LogP contribution < -0.4 is 10.1 Å². The summed E-state index contributed by atoms with van der Waals surface area (Å²) < 4.78 is 5.67. The highest BCUT2D eigenvalue weighted by Crippen LogP contribution is 2.17. The molecule has 0 aliphatic heterocycles. The quantitative estimate of drug-likeness (QED) is 0.821. The van der Waals surface area contributed by atoms with Crippen LogP contribution in [-0.2, 0) is 0 Å². The van der Waals surface area contributed by atoms with Crippen molar-refractivity contribution in [3.63, 3.8) is 0 Å². The fraction of sp³-hybridized carbons (Fsp3) is 0.235. The molecule has 0 saturated heterocycles. The number of ether oxygens (including phenoxy) is 1. The first-order valence-corrected chi connectivity index (χ1v) is 7.81. The van der Waals surface area contributed by atoms with Crippen molar-refractivity contribution in [2.75, 3.05) is 25.5 Å². The predicted molar refractivity (Wildman–Crippen MR) is 97.0 cm³/mol. The van der Waals surface area contributed by atoms with Crippen LogP contribution in [0, 0.1) is 6.92 Å². The molecule has 0 aromatic heterocycles. The average molecular weight is 335 g/mol. The summed E-state index contributed by atoms with van der Waals surface area (Å²) in [5.74, 6) is 0.763. The van der Waals surface area contributed by atoms with E-state index in [4.69, 9.17) is 28.6 Å². The van der Waals surface area contributed by atoms with Crippen LogP contribution in [0.25, 0.3) is 0 Å². The molecule has 0 fully saturated rings. The van der Waals surface area contributed by atoms with Crippen molar-refractivity contribution in [2.45, 2.75) is 6.92 Å². The van der Waals surface area contributed by atoms with E-state index in [9.17, 15) is 0 Å². The normalized spacial score (nSPS) is 10.1. The molecule has 3 nitrogen and oxygen atoms in total. The van der Waals surface area contributed by atoms with E-state index in [-0.39, 0.29) is 0 Å². The van der Waals surface area contributed by atoms with Gasteiger partial charge in [-0.15, -0.1) is 0 Å². The number of thiocarbonyl (C=S) groups is 1. The Kier molecular flexibility index (Phi) is 6.04. The van der Waals surface area contributed by atoms with Crippen LogP contribution in [0.1, 0.15) is 5.56 Å². The van der Waals surface area contributed by atoms with Gasteiger partial charge in [0, 0.05) is 17.8 Å². The second-order valence-corrected chi connectivity index (χ2v) is 5.80. The number of para-hydroxylation sites is 1. The Morgan fingerprint density at radius 3 is 2.73 bits per heavy atom. The van der Waals surface area contributed by atoms with Crippen molar-refractivity contribution in [2.24, 2.45) is 0 Å². The first-order chi connectivity index (χ1) is 10.6. The second-order valence-electron chi connectivity index (χ2n) is 4.97. The smallest absolute Gasteiger partial charge is 0.173 e. The van der Waals surface area contributed by atoms with Gasteiger partial charge in [-0.1, -0.05) is 35.9 Å². The first-order valence-electron chi connectivity index (χ1n) is 7.02. The van der Waals surface area contributed by atoms with Gasteiger partial charge < -0.3 is 15.0 Å². The van der Waals surface area contributed by atoms with Gasteiger partial charge in [0.2, 0.25) is 0 Å². The lowest BCUT2D eigenvalue weighted by atomic mass is 10.2. The second kappa shape index (κ2) is 8.01. The number of nitrogens with one attached hydrogen (secondary N) is 1. The zero-order valence-corrected chi connectivity index (χ0v) is 14.2. The molecule has 0 aliphatic rings. The summed E-state index contributed by atoms with van der Waals surface area (Å²) in [5.41, 5.74) is 2.18. The van der Waals surface area contributed by atoms with Crippen molar-refractivity contribution >= 4 is 34.6 Å². The summed E-state index contributed by atoms with van der Waals surface area (Å²) >= 11 is 11.3. The van der Waals surface area contributed by atoms with E-state index in [1.165, 1.54) is 0 Å². The molecule has 0 heterocycles. The molecule has 0 spiro atoms. The van der Waals surface area contributed by atoms with Crippen molar-refractivity contribution in [3.05, 3.63) is 59.1 Å². The third-order valence-corrected chi connectivity index (χ3v) is 3.87.